The van der Waals surface area contributed by atoms with Crippen LogP contribution >= 0.6 is 0 Å². The van der Waals surface area contributed by atoms with Gasteiger partial charge in [0.05, 0.1) is 17.6 Å². The molecule has 54 heavy (non-hydrogen) atoms. The number of rotatable bonds is 4. The fourth-order valence-electron chi connectivity index (χ4n) is 10.5. The standard InChI is InChI=1S/C49H53N5/c1-29-14-13-17-35(32(29)4)46-51-45(52-47(53(46)8)49(7)27-33(28-50)22-21-31(49)3)34-23-20-30(2)43(24-34)54-42-19-12-10-16-37(42)39-25-38-36-15-9-11-18-40(36)48(5,6)41(38)26-44(39)54/h9-13,15-20,22-26,29-32,35,43,46H,14,21,27H2,1-8H3. The van der Waals surface area contributed by atoms with Crippen LogP contribution in [0.5, 0.6) is 0 Å². The van der Waals surface area contributed by atoms with E-state index in [1.807, 2.05) is 0 Å². The maximum atomic E-state index is 10.0. The molecule has 0 saturated carbocycles. The molecule has 4 aromatic rings. The molecule has 0 amide bonds. The zero-order chi connectivity index (χ0) is 37.7. The first-order chi connectivity index (χ1) is 25.9. The van der Waals surface area contributed by atoms with Crippen molar-refractivity contribution < 1.29 is 0 Å². The Labute approximate surface area is 321 Å². The summed E-state index contributed by atoms with van der Waals surface area (Å²) in [5.74, 6) is 3.81. The van der Waals surface area contributed by atoms with Gasteiger partial charge in [0, 0.05) is 51.2 Å². The van der Waals surface area contributed by atoms with Gasteiger partial charge in [0.25, 0.3) is 0 Å². The Bertz CT molecular complexity index is 2440. The molecule has 1 aromatic heterocycles. The highest BCUT2D eigenvalue weighted by Crippen LogP contribution is 2.52. The van der Waals surface area contributed by atoms with E-state index in [4.69, 9.17) is 9.98 Å². The number of nitrogens with zero attached hydrogens (tertiary/aromatic N) is 5. The number of amidine groups is 2. The topological polar surface area (TPSA) is 56.7 Å². The van der Waals surface area contributed by atoms with Crippen LogP contribution in [0, 0.1) is 46.3 Å². The molecule has 4 aliphatic carbocycles. The molecule has 8 unspecified atom stereocenters. The van der Waals surface area contributed by atoms with E-state index in [-0.39, 0.29) is 34.9 Å². The van der Waals surface area contributed by atoms with Crippen LogP contribution in [0.4, 0.5) is 0 Å². The minimum absolute atomic E-state index is 0.0719. The molecule has 5 heteroatoms. The van der Waals surface area contributed by atoms with Gasteiger partial charge in [0.15, 0.2) is 5.84 Å². The molecule has 2 heterocycles. The first-order valence-electron chi connectivity index (χ1n) is 20.2. The van der Waals surface area contributed by atoms with E-state index in [1.54, 1.807) is 0 Å². The van der Waals surface area contributed by atoms with Crippen molar-refractivity contribution in [3.63, 3.8) is 0 Å². The van der Waals surface area contributed by atoms with E-state index < -0.39 is 0 Å². The fourth-order valence-corrected chi connectivity index (χ4v) is 10.5. The summed E-state index contributed by atoms with van der Waals surface area (Å²) in [5.41, 5.74) is 9.61. The number of benzene rings is 3. The first kappa shape index (κ1) is 34.8. The zero-order valence-corrected chi connectivity index (χ0v) is 33.1. The van der Waals surface area contributed by atoms with Crippen LogP contribution in [0.2, 0.25) is 0 Å². The van der Waals surface area contributed by atoms with Gasteiger partial charge in [0.2, 0.25) is 0 Å². The van der Waals surface area contributed by atoms with Crippen molar-refractivity contribution in [2.75, 3.05) is 7.05 Å². The molecular formula is C49H53N5. The molecule has 0 spiro atoms. The van der Waals surface area contributed by atoms with E-state index in [0.29, 0.717) is 24.2 Å². The van der Waals surface area contributed by atoms with Crippen molar-refractivity contribution in [2.24, 2.45) is 45.0 Å². The number of nitriles is 1. The van der Waals surface area contributed by atoms with Gasteiger partial charge in [-0.05, 0) is 83.4 Å². The number of allylic oxidation sites excluding steroid dienone is 5. The average Bonchev–Trinajstić information content (AvgIpc) is 3.61. The minimum atomic E-state index is -0.287. The largest absolute Gasteiger partial charge is 0.340 e. The number of hydrogen-bond acceptors (Lipinski definition) is 4. The Kier molecular flexibility index (Phi) is 8.09. The second-order valence-corrected chi connectivity index (χ2v) is 17.9. The van der Waals surface area contributed by atoms with Crippen LogP contribution in [-0.4, -0.2) is 34.4 Å². The summed E-state index contributed by atoms with van der Waals surface area (Å²) in [7, 11) is 2.19. The summed E-state index contributed by atoms with van der Waals surface area (Å²) in [5, 5.41) is 12.6. The Morgan fingerprint density at radius 3 is 2.44 bits per heavy atom. The van der Waals surface area contributed by atoms with Gasteiger partial charge >= 0.3 is 0 Å². The third kappa shape index (κ3) is 5.09. The fraction of sp³-hybridized carbons (Fsp3) is 0.408. The first-order valence-corrected chi connectivity index (χ1v) is 20.2. The van der Waals surface area contributed by atoms with Crippen molar-refractivity contribution in [3.8, 4) is 17.2 Å². The summed E-state index contributed by atoms with van der Waals surface area (Å²) >= 11 is 0. The highest BCUT2D eigenvalue weighted by Gasteiger charge is 2.46. The lowest BCUT2D eigenvalue weighted by atomic mass is 9.67. The monoisotopic (exact) mass is 711 g/mol. The normalized spacial score (nSPS) is 31.4. The third-order valence-corrected chi connectivity index (χ3v) is 14.4. The molecule has 274 valence electrons. The van der Waals surface area contributed by atoms with Gasteiger partial charge in [-0.15, -0.1) is 0 Å². The van der Waals surface area contributed by atoms with E-state index in [2.05, 4.69) is 168 Å². The summed E-state index contributed by atoms with van der Waals surface area (Å²) in [6.07, 6.45) is 16.6. The van der Waals surface area contributed by atoms with Crippen molar-refractivity contribution in [1.29, 1.82) is 5.26 Å². The number of aliphatic imine (C=N–C) groups is 2. The zero-order valence-electron chi connectivity index (χ0n) is 33.1. The number of para-hydroxylation sites is 1. The Hall–Kier alpha value is -4.95. The molecule has 0 fully saturated rings. The number of fused-ring (bicyclic) bond motifs is 6. The van der Waals surface area contributed by atoms with Crippen molar-refractivity contribution in [3.05, 3.63) is 119 Å². The number of hydrogen-bond donors (Lipinski definition) is 0. The lowest BCUT2D eigenvalue weighted by molar-refractivity contribution is 0.167. The maximum absolute atomic E-state index is 10.0. The lowest BCUT2D eigenvalue weighted by Crippen LogP contribution is -2.54. The molecule has 0 saturated heterocycles. The maximum Gasteiger partial charge on any atom is 0.158 e. The van der Waals surface area contributed by atoms with E-state index in [9.17, 15) is 5.26 Å². The van der Waals surface area contributed by atoms with E-state index in [1.165, 1.54) is 44.1 Å². The number of aromatic nitrogens is 1. The summed E-state index contributed by atoms with van der Waals surface area (Å²) in [6.45, 7) is 16.5. The van der Waals surface area contributed by atoms with Gasteiger partial charge < -0.3 is 9.47 Å². The Balaban J connectivity index is 1.21. The lowest BCUT2D eigenvalue weighted by Gasteiger charge is -2.48. The summed E-state index contributed by atoms with van der Waals surface area (Å²) < 4.78 is 2.60. The highest BCUT2D eigenvalue weighted by atomic mass is 15.3. The smallest absolute Gasteiger partial charge is 0.158 e. The van der Waals surface area contributed by atoms with Crippen molar-refractivity contribution in [1.82, 2.24) is 9.47 Å². The van der Waals surface area contributed by atoms with Crippen molar-refractivity contribution >= 4 is 33.5 Å². The predicted molar refractivity (Wildman–Crippen MR) is 225 cm³/mol. The predicted octanol–water partition coefficient (Wildman–Crippen LogP) is 11.6. The van der Waals surface area contributed by atoms with Gasteiger partial charge in [-0.1, -0.05) is 127 Å². The molecule has 9 rings (SSSR count). The molecular weight excluding hydrogens is 659 g/mol. The highest BCUT2D eigenvalue weighted by molar-refractivity contribution is 6.12. The Morgan fingerprint density at radius 2 is 1.63 bits per heavy atom. The van der Waals surface area contributed by atoms with Crippen LogP contribution in [0.3, 0.4) is 0 Å². The van der Waals surface area contributed by atoms with Gasteiger partial charge in [-0.25, -0.2) is 9.98 Å². The molecule has 5 aliphatic rings. The van der Waals surface area contributed by atoms with Gasteiger partial charge in [-0.3, -0.25) is 0 Å². The molecule has 8 atom stereocenters. The van der Waals surface area contributed by atoms with Gasteiger partial charge in [-0.2, -0.15) is 5.26 Å². The second-order valence-electron chi connectivity index (χ2n) is 17.9. The third-order valence-electron chi connectivity index (χ3n) is 14.4. The second kappa shape index (κ2) is 12.6. The molecule has 1 aliphatic heterocycles. The van der Waals surface area contributed by atoms with Crippen LogP contribution in [0.15, 0.2) is 118 Å². The SMILES string of the molecule is CC1C=CC(C2=NC(C3C=CCC(C)C3C)N(C)C(C3(C)CC(C#N)=CCC3C)=N2)=CC1n1c2ccccc2c2cc3c(cc21)C(C)(C)c1ccccc1-3. The van der Waals surface area contributed by atoms with E-state index >= 15 is 0 Å². The van der Waals surface area contributed by atoms with E-state index in [0.717, 1.165) is 35.7 Å². The van der Waals surface area contributed by atoms with Gasteiger partial charge in [0.1, 0.15) is 12.0 Å². The van der Waals surface area contributed by atoms with Crippen LogP contribution in [0.25, 0.3) is 32.9 Å². The average molecular weight is 712 g/mol. The van der Waals surface area contributed by atoms with Crippen LogP contribution in [-0.2, 0) is 5.41 Å². The minimum Gasteiger partial charge on any atom is -0.340 e. The van der Waals surface area contributed by atoms with Crippen molar-refractivity contribution in [2.45, 2.75) is 85.4 Å². The molecule has 3 aromatic carbocycles. The van der Waals surface area contributed by atoms with Crippen LogP contribution < -0.4 is 0 Å². The summed E-state index contributed by atoms with van der Waals surface area (Å²) in [6, 6.07) is 25.4. The Morgan fingerprint density at radius 1 is 0.852 bits per heavy atom. The molecule has 0 N–H and O–H groups in total. The quantitative estimate of drug-likeness (QED) is 0.198. The molecule has 0 bridgehead atoms. The molecule has 5 nitrogen and oxygen atoms in total. The molecule has 0 radical (unpaired) electrons. The summed E-state index contributed by atoms with van der Waals surface area (Å²) in [4.78, 5) is 13.5. The van der Waals surface area contributed by atoms with Crippen LogP contribution in [0.1, 0.15) is 84.9 Å².